The Hall–Kier alpha value is -3.26. The molecule has 1 aliphatic carbocycles. The van der Waals surface area contributed by atoms with Crippen LogP contribution in [0.5, 0.6) is 5.75 Å². The molecule has 0 aliphatic heterocycles. The summed E-state index contributed by atoms with van der Waals surface area (Å²) in [5.74, 6) is 0.376. The first-order chi connectivity index (χ1) is 14.6. The van der Waals surface area contributed by atoms with E-state index < -0.39 is 0 Å². The third-order valence-electron chi connectivity index (χ3n) is 5.59. The van der Waals surface area contributed by atoms with E-state index in [0.29, 0.717) is 6.54 Å². The number of nitriles is 1. The maximum Gasteiger partial charge on any atom is 0.263 e. The number of carbonyl (C=O) groups excluding carboxylic acids is 1. The van der Waals surface area contributed by atoms with Crippen LogP contribution in [0.4, 0.5) is 0 Å². The lowest BCUT2D eigenvalue weighted by molar-refractivity contribution is -0.117. The van der Waals surface area contributed by atoms with Crippen LogP contribution in [0.25, 0.3) is 0 Å². The van der Waals surface area contributed by atoms with Crippen LogP contribution in [-0.4, -0.2) is 13.0 Å². The Balaban J connectivity index is 1.62. The number of hydrogen-bond acceptors (Lipinski definition) is 4. The topological polar surface area (TPSA) is 74.2 Å². The predicted octanol–water partition coefficient (Wildman–Crippen LogP) is 4.34. The van der Waals surface area contributed by atoms with E-state index in [1.165, 1.54) is 35.7 Å². The SMILES string of the molecule is CCC(N/C=C(/C#N)C(=O)NCc1ccc(OC)cc1)c1ccc2c(c1)CCCC2. The van der Waals surface area contributed by atoms with Crippen molar-refractivity contribution in [3.63, 3.8) is 0 Å². The van der Waals surface area contributed by atoms with E-state index in [-0.39, 0.29) is 17.5 Å². The van der Waals surface area contributed by atoms with Gasteiger partial charge >= 0.3 is 0 Å². The Morgan fingerprint density at radius 2 is 1.90 bits per heavy atom. The number of nitrogens with one attached hydrogen (secondary N) is 2. The fraction of sp³-hybridized carbons (Fsp3) is 0.360. The molecule has 30 heavy (non-hydrogen) atoms. The molecular formula is C25H29N3O2. The summed E-state index contributed by atoms with van der Waals surface area (Å²) in [4.78, 5) is 12.4. The van der Waals surface area contributed by atoms with Crippen molar-refractivity contribution in [3.8, 4) is 11.8 Å². The van der Waals surface area contributed by atoms with Crippen LogP contribution in [0, 0.1) is 11.3 Å². The molecule has 2 aromatic rings. The fourth-order valence-electron chi connectivity index (χ4n) is 3.77. The third-order valence-corrected chi connectivity index (χ3v) is 5.59. The van der Waals surface area contributed by atoms with Gasteiger partial charge in [0.1, 0.15) is 17.4 Å². The molecule has 3 rings (SSSR count). The highest BCUT2D eigenvalue weighted by molar-refractivity contribution is 5.97. The molecule has 0 aromatic heterocycles. The second-order valence-electron chi connectivity index (χ2n) is 7.56. The van der Waals surface area contributed by atoms with Crippen molar-refractivity contribution in [1.82, 2.24) is 10.6 Å². The summed E-state index contributed by atoms with van der Waals surface area (Å²) in [5, 5.41) is 15.5. The van der Waals surface area contributed by atoms with Gasteiger partial charge < -0.3 is 15.4 Å². The molecular weight excluding hydrogens is 374 g/mol. The second kappa shape index (κ2) is 10.5. The van der Waals surface area contributed by atoms with E-state index in [1.807, 2.05) is 30.3 Å². The summed E-state index contributed by atoms with van der Waals surface area (Å²) in [7, 11) is 1.61. The Bertz CT molecular complexity index is 942. The summed E-state index contributed by atoms with van der Waals surface area (Å²) >= 11 is 0. The number of carbonyl (C=O) groups is 1. The van der Waals surface area contributed by atoms with E-state index in [9.17, 15) is 10.1 Å². The largest absolute Gasteiger partial charge is 0.497 e. The zero-order valence-electron chi connectivity index (χ0n) is 17.7. The van der Waals surface area contributed by atoms with Crippen LogP contribution in [0.15, 0.2) is 54.2 Å². The Morgan fingerprint density at radius 1 is 1.17 bits per heavy atom. The van der Waals surface area contributed by atoms with Gasteiger partial charge in [-0.15, -0.1) is 0 Å². The van der Waals surface area contributed by atoms with Gasteiger partial charge in [-0.2, -0.15) is 5.26 Å². The van der Waals surface area contributed by atoms with Crippen molar-refractivity contribution < 1.29 is 9.53 Å². The maximum atomic E-state index is 12.4. The first-order valence-electron chi connectivity index (χ1n) is 10.5. The van der Waals surface area contributed by atoms with E-state index >= 15 is 0 Å². The first kappa shape index (κ1) is 21.4. The van der Waals surface area contributed by atoms with Gasteiger partial charge in [-0.1, -0.05) is 37.3 Å². The number of ether oxygens (including phenoxy) is 1. The Kier molecular flexibility index (Phi) is 7.51. The van der Waals surface area contributed by atoms with Gasteiger partial charge in [-0.05, 0) is 66.5 Å². The van der Waals surface area contributed by atoms with Crippen molar-refractivity contribution >= 4 is 5.91 Å². The number of benzene rings is 2. The molecule has 2 N–H and O–H groups in total. The van der Waals surface area contributed by atoms with Gasteiger partial charge in [0.25, 0.3) is 5.91 Å². The highest BCUT2D eigenvalue weighted by Gasteiger charge is 2.15. The van der Waals surface area contributed by atoms with Gasteiger partial charge in [-0.25, -0.2) is 0 Å². The molecule has 5 heteroatoms. The molecule has 0 heterocycles. The van der Waals surface area contributed by atoms with Crippen LogP contribution in [0.2, 0.25) is 0 Å². The van der Waals surface area contributed by atoms with Crippen molar-refractivity contribution in [1.29, 1.82) is 5.26 Å². The molecule has 0 radical (unpaired) electrons. The van der Waals surface area contributed by atoms with Crippen molar-refractivity contribution in [2.45, 2.75) is 51.6 Å². The monoisotopic (exact) mass is 403 g/mol. The number of nitrogens with zero attached hydrogens (tertiary/aromatic N) is 1. The van der Waals surface area contributed by atoms with Gasteiger partial charge in [-0.3, -0.25) is 4.79 Å². The fourth-order valence-corrected chi connectivity index (χ4v) is 3.77. The minimum Gasteiger partial charge on any atom is -0.497 e. The minimum atomic E-state index is -0.388. The molecule has 0 bridgehead atoms. The third kappa shape index (κ3) is 5.42. The number of fused-ring (bicyclic) bond motifs is 1. The molecule has 156 valence electrons. The zero-order valence-corrected chi connectivity index (χ0v) is 17.7. The summed E-state index contributed by atoms with van der Waals surface area (Å²) in [6.45, 7) is 2.45. The summed E-state index contributed by atoms with van der Waals surface area (Å²) in [6.07, 6.45) is 7.20. The predicted molar refractivity (Wildman–Crippen MR) is 118 cm³/mol. The number of aryl methyl sites for hydroxylation is 2. The van der Waals surface area contributed by atoms with Gasteiger partial charge in [0.15, 0.2) is 0 Å². The number of amides is 1. The highest BCUT2D eigenvalue weighted by atomic mass is 16.5. The van der Waals surface area contributed by atoms with Crippen LogP contribution in [0.3, 0.4) is 0 Å². The molecule has 0 fully saturated rings. The van der Waals surface area contributed by atoms with Crippen molar-refractivity contribution in [2.75, 3.05) is 7.11 Å². The van der Waals surface area contributed by atoms with Crippen molar-refractivity contribution in [2.24, 2.45) is 0 Å². The number of hydrogen-bond donors (Lipinski definition) is 2. The minimum absolute atomic E-state index is 0.0648. The Labute approximate surface area is 178 Å². The van der Waals surface area contributed by atoms with Gasteiger partial charge in [0.2, 0.25) is 0 Å². The van der Waals surface area contributed by atoms with E-state index in [4.69, 9.17) is 4.74 Å². The lowest BCUT2D eigenvalue weighted by Crippen LogP contribution is -2.26. The molecule has 5 nitrogen and oxygen atoms in total. The van der Waals surface area contributed by atoms with Crippen molar-refractivity contribution in [3.05, 3.63) is 76.5 Å². The summed E-state index contributed by atoms with van der Waals surface area (Å²) in [5.41, 5.74) is 5.09. The average molecular weight is 404 g/mol. The maximum absolute atomic E-state index is 12.4. The average Bonchev–Trinajstić information content (AvgIpc) is 2.80. The first-order valence-corrected chi connectivity index (χ1v) is 10.5. The highest BCUT2D eigenvalue weighted by Crippen LogP contribution is 2.26. The van der Waals surface area contributed by atoms with E-state index in [2.05, 4.69) is 35.8 Å². The van der Waals surface area contributed by atoms with Gasteiger partial charge in [0.05, 0.1) is 13.2 Å². The quantitative estimate of drug-likeness (QED) is 0.508. The molecule has 0 saturated heterocycles. The van der Waals surface area contributed by atoms with E-state index in [0.717, 1.165) is 30.6 Å². The molecule has 0 spiro atoms. The lowest BCUT2D eigenvalue weighted by atomic mass is 9.89. The van der Waals surface area contributed by atoms with Crippen LogP contribution < -0.4 is 15.4 Å². The van der Waals surface area contributed by atoms with Crippen LogP contribution in [-0.2, 0) is 24.2 Å². The summed E-state index contributed by atoms with van der Waals surface area (Å²) in [6, 6.07) is 16.2. The van der Waals surface area contributed by atoms with Crippen LogP contribution in [0.1, 0.15) is 54.5 Å². The Morgan fingerprint density at radius 3 is 2.57 bits per heavy atom. The van der Waals surface area contributed by atoms with E-state index in [1.54, 1.807) is 7.11 Å². The number of methoxy groups -OCH3 is 1. The molecule has 1 aliphatic rings. The summed E-state index contributed by atoms with van der Waals surface area (Å²) < 4.78 is 5.13. The molecule has 1 atom stereocenters. The smallest absolute Gasteiger partial charge is 0.263 e. The van der Waals surface area contributed by atoms with Crippen LogP contribution >= 0.6 is 0 Å². The van der Waals surface area contributed by atoms with Gasteiger partial charge in [0, 0.05) is 12.7 Å². The standard InChI is InChI=1S/C25H29N3O2/c1-3-24(21-11-10-19-6-4-5-7-20(19)14-21)27-17-22(15-26)25(29)28-16-18-8-12-23(30-2)13-9-18/h8-14,17,24,27H,3-7,16H2,1-2H3,(H,28,29)/b22-17-. The second-order valence-corrected chi connectivity index (χ2v) is 7.56. The normalized spacial score (nSPS) is 14.2. The molecule has 2 aromatic carbocycles. The number of rotatable bonds is 8. The molecule has 1 amide bonds. The zero-order chi connectivity index (χ0) is 21.3. The molecule has 1 unspecified atom stereocenters. The molecule has 0 saturated carbocycles. The lowest BCUT2D eigenvalue weighted by Gasteiger charge is -2.21.